The van der Waals surface area contributed by atoms with Gasteiger partial charge in [0.25, 0.3) is 5.69 Å². The Morgan fingerprint density at radius 3 is 2.29 bits per heavy atom. The molecule has 1 fully saturated rings. The van der Waals surface area contributed by atoms with E-state index >= 15 is 0 Å². The number of carbonyl (C=O) groups is 2. The van der Waals surface area contributed by atoms with Crippen molar-refractivity contribution in [3.8, 4) is 0 Å². The molecule has 154 valence electrons. The van der Waals surface area contributed by atoms with E-state index in [1.165, 1.54) is 12.1 Å². The number of rotatable bonds is 5. The Hall–Kier alpha value is -2.68. The van der Waals surface area contributed by atoms with Crippen LogP contribution in [0, 0.1) is 10.1 Å². The van der Waals surface area contributed by atoms with Crippen LogP contribution in [0.15, 0.2) is 24.3 Å². The lowest BCUT2D eigenvalue weighted by Gasteiger charge is -2.33. The smallest absolute Gasteiger partial charge is 0.408 e. The fourth-order valence-electron chi connectivity index (χ4n) is 2.91. The molecule has 28 heavy (non-hydrogen) atoms. The Bertz CT molecular complexity index is 707. The number of alkyl carbamates (subject to hydrolysis) is 1. The Morgan fingerprint density at radius 1 is 1.21 bits per heavy atom. The zero-order valence-electron chi connectivity index (χ0n) is 16.6. The third-order valence-electron chi connectivity index (χ3n) is 4.39. The van der Waals surface area contributed by atoms with Gasteiger partial charge >= 0.3 is 6.09 Å². The van der Waals surface area contributed by atoms with Gasteiger partial charge in [-0.15, -0.1) is 0 Å². The SMILES string of the molecule is C[C@@H](c1ccc([N+](=O)[O-])cc1)[C@@H](NC(=O)OC(C)(C)C)C(=O)N1CCOCC1. The van der Waals surface area contributed by atoms with Crippen molar-refractivity contribution in [1.82, 2.24) is 10.2 Å². The van der Waals surface area contributed by atoms with E-state index in [1.54, 1.807) is 44.7 Å². The number of nitro benzene ring substituents is 1. The first-order chi connectivity index (χ1) is 13.1. The highest BCUT2D eigenvalue weighted by molar-refractivity contribution is 5.87. The monoisotopic (exact) mass is 393 g/mol. The summed E-state index contributed by atoms with van der Waals surface area (Å²) in [4.78, 5) is 37.4. The van der Waals surface area contributed by atoms with E-state index < -0.39 is 28.6 Å². The molecule has 1 aliphatic rings. The zero-order chi connectivity index (χ0) is 20.9. The topological polar surface area (TPSA) is 111 Å². The lowest BCUT2D eigenvalue weighted by Crippen LogP contribution is -2.54. The molecule has 1 heterocycles. The van der Waals surface area contributed by atoms with Crippen LogP contribution in [0.1, 0.15) is 39.2 Å². The third kappa shape index (κ3) is 5.91. The number of hydrogen-bond acceptors (Lipinski definition) is 6. The third-order valence-corrected chi connectivity index (χ3v) is 4.39. The van der Waals surface area contributed by atoms with Gasteiger partial charge in [-0.1, -0.05) is 19.1 Å². The van der Waals surface area contributed by atoms with Gasteiger partial charge in [-0.25, -0.2) is 4.79 Å². The lowest BCUT2D eigenvalue weighted by molar-refractivity contribution is -0.384. The predicted molar refractivity (Wildman–Crippen MR) is 102 cm³/mol. The van der Waals surface area contributed by atoms with Gasteiger partial charge in [-0.05, 0) is 26.3 Å². The maximum Gasteiger partial charge on any atom is 0.408 e. The van der Waals surface area contributed by atoms with Gasteiger partial charge in [0, 0.05) is 31.1 Å². The van der Waals surface area contributed by atoms with E-state index in [-0.39, 0.29) is 11.6 Å². The number of morpholine rings is 1. The molecule has 9 heteroatoms. The fraction of sp³-hybridized carbons (Fsp3) is 0.579. The highest BCUT2D eigenvalue weighted by atomic mass is 16.6. The predicted octanol–water partition coefficient (Wildman–Crippen LogP) is 2.45. The Morgan fingerprint density at radius 2 is 1.79 bits per heavy atom. The van der Waals surface area contributed by atoms with Crippen LogP contribution in [0.4, 0.5) is 10.5 Å². The summed E-state index contributed by atoms with van der Waals surface area (Å²) in [6.45, 7) is 8.78. The molecule has 1 saturated heterocycles. The van der Waals surface area contributed by atoms with Crippen molar-refractivity contribution >= 4 is 17.7 Å². The van der Waals surface area contributed by atoms with Gasteiger partial charge in [-0.3, -0.25) is 14.9 Å². The summed E-state index contributed by atoms with van der Waals surface area (Å²) in [5.74, 6) is -0.649. The van der Waals surface area contributed by atoms with E-state index in [0.29, 0.717) is 31.9 Å². The fourth-order valence-corrected chi connectivity index (χ4v) is 2.91. The molecule has 2 rings (SSSR count). The van der Waals surface area contributed by atoms with Crippen LogP contribution in [-0.2, 0) is 14.3 Å². The van der Waals surface area contributed by atoms with E-state index in [2.05, 4.69) is 5.32 Å². The van der Waals surface area contributed by atoms with Crippen LogP contribution in [-0.4, -0.2) is 59.8 Å². The van der Waals surface area contributed by atoms with Gasteiger partial charge in [0.2, 0.25) is 5.91 Å². The van der Waals surface area contributed by atoms with Crippen LogP contribution < -0.4 is 5.32 Å². The molecular formula is C19H27N3O6. The molecule has 0 unspecified atom stereocenters. The van der Waals surface area contributed by atoms with E-state index in [1.807, 2.05) is 0 Å². The number of nitro groups is 1. The van der Waals surface area contributed by atoms with Gasteiger partial charge in [0.1, 0.15) is 11.6 Å². The van der Waals surface area contributed by atoms with Crippen molar-refractivity contribution in [2.75, 3.05) is 26.3 Å². The molecule has 2 atom stereocenters. The first kappa shape index (κ1) is 21.6. The van der Waals surface area contributed by atoms with Gasteiger partial charge in [-0.2, -0.15) is 0 Å². The number of ether oxygens (including phenoxy) is 2. The Kier molecular flexibility index (Phi) is 6.95. The van der Waals surface area contributed by atoms with E-state index in [9.17, 15) is 19.7 Å². The van der Waals surface area contributed by atoms with Crippen LogP contribution in [0.25, 0.3) is 0 Å². The minimum absolute atomic E-state index is 0.0351. The molecule has 1 aliphatic heterocycles. The van der Waals surface area contributed by atoms with Gasteiger partial charge in [0.05, 0.1) is 18.1 Å². The molecule has 0 saturated carbocycles. The summed E-state index contributed by atoms with van der Waals surface area (Å²) in [6.07, 6.45) is -0.687. The average Bonchev–Trinajstić information content (AvgIpc) is 2.64. The number of benzene rings is 1. The first-order valence-corrected chi connectivity index (χ1v) is 9.19. The van der Waals surface area contributed by atoms with Crippen molar-refractivity contribution in [3.63, 3.8) is 0 Å². The van der Waals surface area contributed by atoms with Gasteiger partial charge < -0.3 is 19.7 Å². The summed E-state index contributed by atoms with van der Waals surface area (Å²) in [5, 5.41) is 13.5. The highest BCUT2D eigenvalue weighted by Crippen LogP contribution is 2.24. The maximum atomic E-state index is 13.1. The second kappa shape index (κ2) is 9.01. The molecule has 2 amide bonds. The van der Waals surface area contributed by atoms with Crippen molar-refractivity contribution in [3.05, 3.63) is 39.9 Å². The highest BCUT2D eigenvalue weighted by Gasteiger charge is 2.33. The number of amides is 2. The van der Waals surface area contributed by atoms with Crippen molar-refractivity contribution in [1.29, 1.82) is 0 Å². The zero-order valence-corrected chi connectivity index (χ0v) is 16.6. The summed E-state index contributed by atoms with van der Waals surface area (Å²) in [6, 6.07) is 5.10. The first-order valence-electron chi connectivity index (χ1n) is 9.19. The molecule has 0 aliphatic carbocycles. The van der Waals surface area contributed by atoms with E-state index in [4.69, 9.17) is 9.47 Å². The van der Waals surface area contributed by atoms with Crippen LogP contribution in [0.3, 0.4) is 0 Å². The number of non-ortho nitro benzene ring substituents is 1. The number of carbonyl (C=O) groups excluding carboxylic acids is 2. The number of hydrogen-bond donors (Lipinski definition) is 1. The molecule has 9 nitrogen and oxygen atoms in total. The molecule has 1 N–H and O–H groups in total. The van der Waals surface area contributed by atoms with Crippen LogP contribution in [0.5, 0.6) is 0 Å². The minimum Gasteiger partial charge on any atom is -0.444 e. The largest absolute Gasteiger partial charge is 0.444 e. The van der Waals surface area contributed by atoms with Crippen molar-refractivity contribution < 1.29 is 24.0 Å². The molecule has 0 spiro atoms. The summed E-state index contributed by atoms with van der Waals surface area (Å²) in [7, 11) is 0. The Labute approximate surface area is 164 Å². The normalized spacial score (nSPS) is 16.8. The molecule has 1 aromatic carbocycles. The number of nitrogens with zero attached hydrogens (tertiary/aromatic N) is 2. The average molecular weight is 393 g/mol. The lowest BCUT2D eigenvalue weighted by atomic mass is 9.92. The van der Waals surface area contributed by atoms with E-state index in [0.717, 1.165) is 0 Å². The van der Waals surface area contributed by atoms with Crippen molar-refractivity contribution in [2.24, 2.45) is 0 Å². The second-order valence-corrected chi connectivity index (χ2v) is 7.70. The van der Waals surface area contributed by atoms with Crippen molar-refractivity contribution in [2.45, 2.75) is 45.3 Å². The molecule has 0 aromatic heterocycles. The number of nitrogens with one attached hydrogen (secondary N) is 1. The summed E-state index contributed by atoms with van der Waals surface area (Å²) < 4.78 is 10.6. The molecular weight excluding hydrogens is 366 g/mol. The van der Waals surface area contributed by atoms with Crippen LogP contribution in [0.2, 0.25) is 0 Å². The standard InChI is InChI=1S/C19H27N3O6/c1-13(14-5-7-15(8-6-14)22(25)26)16(20-18(24)28-19(2,3)4)17(23)21-9-11-27-12-10-21/h5-8,13,16H,9-12H2,1-4H3,(H,20,24)/t13-,16+/m0/s1. The van der Waals surface area contributed by atoms with Gasteiger partial charge in [0.15, 0.2) is 0 Å². The van der Waals surface area contributed by atoms with Crippen LogP contribution >= 0.6 is 0 Å². The Balaban J connectivity index is 2.23. The second-order valence-electron chi connectivity index (χ2n) is 7.70. The molecule has 0 radical (unpaired) electrons. The minimum atomic E-state index is -0.866. The summed E-state index contributed by atoms with van der Waals surface area (Å²) >= 11 is 0. The maximum absolute atomic E-state index is 13.1. The summed E-state index contributed by atoms with van der Waals surface area (Å²) in [5.41, 5.74) is -0.0341. The molecule has 0 bridgehead atoms. The quantitative estimate of drug-likeness (QED) is 0.608. The molecule has 1 aromatic rings.